The smallest absolute Gasteiger partial charge is 0.304 e. The number of aliphatic carboxylic acids is 1. The zero-order valence-corrected chi connectivity index (χ0v) is 12.1. The van der Waals surface area contributed by atoms with Gasteiger partial charge in [-0.2, -0.15) is 0 Å². The number of likely N-dealkylation sites (N-methyl/N-ethyl adjacent to an activating group) is 1. The molecule has 1 rings (SSSR count). The Bertz CT molecular complexity index is 460. The molecule has 0 bridgehead atoms. The molecule has 110 valence electrons. The number of amides is 1. The molecule has 0 spiro atoms. The minimum absolute atomic E-state index is 0.0486. The number of hydrogen-bond donors (Lipinski definition) is 2. The molecular formula is C15H22N2O3. The van der Waals surface area contributed by atoms with Crippen molar-refractivity contribution in [3.8, 4) is 0 Å². The van der Waals surface area contributed by atoms with Crippen LogP contribution in [0.3, 0.4) is 0 Å². The largest absolute Gasteiger partial charge is 0.481 e. The first-order chi connectivity index (χ1) is 9.49. The quantitative estimate of drug-likeness (QED) is 0.746. The first-order valence-electron chi connectivity index (χ1n) is 6.70. The second-order valence-electron chi connectivity index (χ2n) is 4.91. The Morgan fingerprint density at radius 2 is 2.00 bits per heavy atom. The molecule has 1 aromatic carbocycles. The molecule has 0 atom stereocenters. The SMILES string of the molecule is Cc1ccccc1CCNC(=O)CN(C)CCC(=O)O. The summed E-state index contributed by atoms with van der Waals surface area (Å²) in [6, 6.07) is 8.09. The summed E-state index contributed by atoms with van der Waals surface area (Å²) in [5.41, 5.74) is 2.45. The van der Waals surface area contributed by atoms with E-state index < -0.39 is 5.97 Å². The van der Waals surface area contributed by atoms with E-state index in [-0.39, 0.29) is 18.9 Å². The molecule has 0 saturated carbocycles. The molecule has 0 aliphatic carbocycles. The molecule has 1 amide bonds. The Labute approximate surface area is 119 Å². The number of aryl methyl sites for hydroxylation is 1. The molecule has 5 heteroatoms. The lowest BCUT2D eigenvalue weighted by molar-refractivity contribution is -0.137. The second-order valence-corrected chi connectivity index (χ2v) is 4.91. The molecule has 2 N–H and O–H groups in total. The van der Waals surface area contributed by atoms with Crippen LogP contribution in [0.15, 0.2) is 24.3 Å². The van der Waals surface area contributed by atoms with Crippen molar-refractivity contribution in [3.05, 3.63) is 35.4 Å². The fourth-order valence-corrected chi connectivity index (χ4v) is 1.89. The van der Waals surface area contributed by atoms with Gasteiger partial charge in [-0.3, -0.25) is 14.5 Å². The first-order valence-corrected chi connectivity index (χ1v) is 6.70. The molecule has 0 unspecified atom stereocenters. The van der Waals surface area contributed by atoms with E-state index >= 15 is 0 Å². The Hall–Kier alpha value is -1.88. The summed E-state index contributed by atoms with van der Waals surface area (Å²) in [6.45, 7) is 3.24. The van der Waals surface area contributed by atoms with Crippen LogP contribution in [0.5, 0.6) is 0 Å². The summed E-state index contributed by atoms with van der Waals surface area (Å²) in [7, 11) is 1.74. The Morgan fingerprint density at radius 3 is 2.65 bits per heavy atom. The Balaban J connectivity index is 2.23. The van der Waals surface area contributed by atoms with Gasteiger partial charge in [-0.25, -0.2) is 0 Å². The lowest BCUT2D eigenvalue weighted by atomic mass is 10.1. The van der Waals surface area contributed by atoms with Crippen LogP contribution in [0.25, 0.3) is 0 Å². The number of nitrogens with zero attached hydrogens (tertiary/aromatic N) is 1. The van der Waals surface area contributed by atoms with E-state index in [1.54, 1.807) is 11.9 Å². The fourth-order valence-electron chi connectivity index (χ4n) is 1.89. The van der Waals surface area contributed by atoms with E-state index in [0.717, 1.165) is 6.42 Å². The van der Waals surface area contributed by atoms with Gasteiger partial charge in [-0.15, -0.1) is 0 Å². The van der Waals surface area contributed by atoms with Crippen LogP contribution in [-0.4, -0.2) is 48.6 Å². The van der Waals surface area contributed by atoms with Gasteiger partial charge in [0.25, 0.3) is 0 Å². The third kappa shape index (κ3) is 6.33. The lowest BCUT2D eigenvalue weighted by Gasteiger charge is -2.15. The topological polar surface area (TPSA) is 69.6 Å². The van der Waals surface area contributed by atoms with E-state index in [0.29, 0.717) is 13.1 Å². The van der Waals surface area contributed by atoms with Gasteiger partial charge in [-0.05, 0) is 31.5 Å². The van der Waals surface area contributed by atoms with Gasteiger partial charge in [0.05, 0.1) is 13.0 Å². The summed E-state index contributed by atoms with van der Waals surface area (Å²) >= 11 is 0. The fraction of sp³-hybridized carbons (Fsp3) is 0.467. The van der Waals surface area contributed by atoms with E-state index in [1.807, 2.05) is 12.1 Å². The summed E-state index contributed by atoms with van der Waals surface area (Å²) < 4.78 is 0. The van der Waals surface area contributed by atoms with Gasteiger partial charge < -0.3 is 10.4 Å². The van der Waals surface area contributed by atoms with Crippen LogP contribution in [0.1, 0.15) is 17.5 Å². The number of carbonyl (C=O) groups is 2. The molecule has 20 heavy (non-hydrogen) atoms. The predicted octanol–water partition coefficient (Wildman–Crippen LogP) is 1.06. The van der Waals surface area contributed by atoms with Gasteiger partial charge >= 0.3 is 5.97 Å². The minimum atomic E-state index is -0.850. The normalized spacial score (nSPS) is 10.6. The summed E-state index contributed by atoms with van der Waals surface area (Å²) in [5.74, 6) is -0.928. The summed E-state index contributed by atoms with van der Waals surface area (Å²) in [5, 5.41) is 11.4. The number of carbonyl (C=O) groups excluding carboxylic acids is 1. The number of hydrogen-bond acceptors (Lipinski definition) is 3. The van der Waals surface area contributed by atoms with Gasteiger partial charge in [0.2, 0.25) is 5.91 Å². The molecule has 1 aromatic rings. The molecule has 0 saturated heterocycles. The Kier molecular flexibility index (Phi) is 6.73. The van der Waals surface area contributed by atoms with Gasteiger partial charge in [0.15, 0.2) is 0 Å². The summed E-state index contributed by atoms with van der Waals surface area (Å²) in [4.78, 5) is 23.8. The molecule has 0 radical (unpaired) electrons. The third-order valence-electron chi connectivity index (χ3n) is 3.10. The van der Waals surface area contributed by atoms with E-state index in [4.69, 9.17) is 5.11 Å². The number of rotatable bonds is 8. The number of nitrogens with one attached hydrogen (secondary N) is 1. The zero-order valence-electron chi connectivity index (χ0n) is 12.1. The second kappa shape index (κ2) is 8.32. The number of benzene rings is 1. The lowest BCUT2D eigenvalue weighted by Crippen LogP contribution is -2.36. The van der Waals surface area contributed by atoms with Crippen LogP contribution < -0.4 is 5.32 Å². The molecule has 0 aliphatic heterocycles. The van der Waals surface area contributed by atoms with Crippen molar-refractivity contribution in [2.75, 3.05) is 26.7 Å². The first kappa shape index (κ1) is 16.2. The van der Waals surface area contributed by atoms with Crippen molar-refractivity contribution >= 4 is 11.9 Å². The molecule has 0 aliphatic rings. The van der Waals surface area contributed by atoms with Crippen LogP contribution in [-0.2, 0) is 16.0 Å². The highest BCUT2D eigenvalue weighted by molar-refractivity contribution is 5.78. The third-order valence-corrected chi connectivity index (χ3v) is 3.10. The van der Waals surface area contributed by atoms with E-state index in [9.17, 15) is 9.59 Å². The van der Waals surface area contributed by atoms with Gasteiger partial charge in [0, 0.05) is 13.1 Å². The van der Waals surface area contributed by atoms with Crippen LogP contribution >= 0.6 is 0 Å². The average Bonchev–Trinajstić information content (AvgIpc) is 2.38. The maximum absolute atomic E-state index is 11.7. The minimum Gasteiger partial charge on any atom is -0.481 e. The van der Waals surface area contributed by atoms with Crippen LogP contribution in [0.4, 0.5) is 0 Å². The highest BCUT2D eigenvalue weighted by Crippen LogP contribution is 2.06. The van der Waals surface area contributed by atoms with Gasteiger partial charge in [0.1, 0.15) is 0 Å². The van der Waals surface area contributed by atoms with Gasteiger partial charge in [-0.1, -0.05) is 24.3 Å². The van der Waals surface area contributed by atoms with Crippen molar-refractivity contribution in [2.24, 2.45) is 0 Å². The number of carboxylic acids is 1. The van der Waals surface area contributed by atoms with Crippen molar-refractivity contribution in [3.63, 3.8) is 0 Å². The Morgan fingerprint density at radius 1 is 1.30 bits per heavy atom. The highest BCUT2D eigenvalue weighted by atomic mass is 16.4. The predicted molar refractivity (Wildman–Crippen MR) is 77.6 cm³/mol. The summed E-state index contributed by atoms with van der Waals surface area (Å²) in [6.07, 6.45) is 0.851. The van der Waals surface area contributed by atoms with Crippen molar-refractivity contribution in [1.29, 1.82) is 0 Å². The molecule has 0 fully saturated rings. The maximum Gasteiger partial charge on any atom is 0.304 e. The van der Waals surface area contributed by atoms with Crippen molar-refractivity contribution in [2.45, 2.75) is 19.8 Å². The number of carboxylic acid groups (broad SMARTS) is 1. The maximum atomic E-state index is 11.7. The monoisotopic (exact) mass is 278 g/mol. The van der Waals surface area contributed by atoms with Crippen LogP contribution in [0, 0.1) is 6.92 Å². The molecule has 5 nitrogen and oxygen atoms in total. The van der Waals surface area contributed by atoms with Crippen LogP contribution in [0.2, 0.25) is 0 Å². The van der Waals surface area contributed by atoms with Crippen molar-refractivity contribution in [1.82, 2.24) is 10.2 Å². The van der Waals surface area contributed by atoms with E-state index in [1.165, 1.54) is 11.1 Å². The highest BCUT2D eigenvalue weighted by Gasteiger charge is 2.07. The van der Waals surface area contributed by atoms with Crippen molar-refractivity contribution < 1.29 is 14.7 Å². The van der Waals surface area contributed by atoms with E-state index in [2.05, 4.69) is 24.4 Å². The molecule has 0 heterocycles. The standard InChI is InChI=1S/C15H22N2O3/c1-12-5-3-4-6-13(12)7-9-16-14(18)11-17(2)10-8-15(19)20/h3-6H,7-11H2,1-2H3,(H,16,18)(H,19,20). The zero-order chi connectivity index (χ0) is 15.0. The molecule has 0 aromatic heterocycles. The average molecular weight is 278 g/mol. The molecular weight excluding hydrogens is 256 g/mol.